The third-order valence-electron chi connectivity index (χ3n) is 3.01. The minimum atomic E-state index is -0.504. The number of hydrogen-bond donors (Lipinski definition) is 0. The Labute approximate surface area is 107 Å². The second kappa shape index (κ2) is 4.84. The van der Waals surface area contributed by atoms with Gasteiger partial charge >= 0.3 is 11.3 Å². The van der Waals surface area contributed by atoms with E-state index in [0.29, 0.717) is 25.9 Å². The van der Waals surface area contributed by atoms with E-state index in [4.69, 9.17) is 16.3 Å². The van der Waals surface area contributed by atoms with Crippen LogP contribution in [0.25, 0.3) is 0 Å². The molecular formula is C12H20ClNO3. The van der Waals surface area contributed by atoms with E-state index in [1.807, 2.05) is 27.7 Å². The van der Waals surface area contributed by atoms with Crippen molar-refractivity contribution in [1.29, 1.82) is 0 Å². The highest BCUT2D eigenvalue weighted by molar-refractivity contribution is 6.62. The average Bonchev–Trinajstić information content (AvgIpc) is 2.15. The summed E-state index contributed by atoms with van der Waals surface area (Å²) in [7, 11) is 0. The van der Waals surface area contributed by atoms with Crippen LogP contribution < -0.4 is 0 Å². The topological polar surface area (TPSA) is 46.6 Å². The van der Waals surface area contributed by atoms with Crippen LogP contribution in [0, 0.1) is 5.41 Å². The molecular weight excluding hydrogens is 242 g/mol. The SMILES string of the molecule is CC(C)(C)OC(=O)C1(C)CCN(C(=O)Cl)CC1. The van der Waals surface area contributed by atoms with E-state index in [9.17, 15) is 9.59 Å². The Morgan fingerprint density at radius 2 is 1.71 bits per heavy atom. The van der Waals surface area contributed by atoms with Gasteiger partial charge in [0, 0.05) is 13.1 Å². The van der Waals surface area contributed by atoms with E-state index in [1.54, 1.807) is 4.90 Å². The first kappa shape index (κ1) is 14.3. The van der Waals surface area contributed by atoms with Crippen LogP contribution in [0.15, 0.2) is 0 Å². The molecule has 1 aliphatic heterocycles. The fourth-order valence-electron chi connectivity index (χ4n) is 1.78. The quantitative estimate of drug-likeness (QED) is 0.414. The summed E-state index contributed by atoms with van der Waals surface area (Å²) < 4.78 is 5.40. The van der Waals surface area contributed by atoms with Gasteiger partial charge in [-0.3, -0.25) is 9.59 Å². The fraction of sp³-hybridized carbons (Fsp3) is 0.833. The van der Waals surface area contributed by atoms with Crippen molar-refractivity contribution in [3.63, 3.8) is 0 Å². The normalized spacial score (nSPS) is 19.9. The van der Waals surface area contributed by atoms with Crippen LogP contribution in [0.3, 0.4) is 0 Å². The molecule has 0 radical (unpaired) electrons. The Kier molecular flexibility index (Phi) is 4.07. The fourth-order valence-corrected chi connectivity index (χ4v) is 1.95. The van der Waals surface area contributed by atoms with Crippen molar-refractivity contribution in [2.24, 2.45) is 5.41 Å². The predicted octanol–water partition coefficient (Wildman–Crippen LogP) is 2.79. The minimum Gasteiger partial charge on any atom is -0.460 e. The predicted molar refractivity (Wildman–Crippen MR) is 66.0 cm³/mol. The van der Waals surface area contributed by atoms with E-state index in [2.05, 4.69) is 0 Å². The molecule has 1 aliphatic rings. The molecule has 0 aromatic heterocycles. The summed E-state index contributed by atoms with van der Waals surface area (Å²) in [6.07, 6.45) is 1.20. The van der Waals surface area contributed by atoms with E-state index >= 15 is 0 Å². The van der Waals surface area contributed by atoms with Crippen molar-refractivity contribution in [3.8, 4) is 0 Å². The smallest absolute Gasteiger partial charge is 0.316 e. The molecule has 1 saturated heterocycles. The summed E-state index contributed by atoms with van der Waals surface area (Å²) in [6, 6.07) is 0. The van der Waals surface area contributed by atoms with Crippen LogP contribution in [-0.4, -0.2) is 34.9 Å². The zero-order valence-electron chi connectivity index (χ0n) is 10.9. The lowest BCUT2D eigenvalue weighted by Crippen LogP contribution is -2.45. The molecule has 0 saturated carbocycles. The van der Waals surface area contributed by atoms with Gasteiger partial charge in [0.2, 0.25) is 0 Å². The lowest BCUT2D eigenvalue weighted by atomic mass is 9.80. The average molecular weight is 262 g/mol. The van der Waals surface area contributed by atoms with Gasteiger partial charge in [-0.1, -0.05) is 0 Å². The highest BCUT2D eigenvalue weighted by atomic mass is 35.5. The van der Waals surface area contributed by atoms with Gasteiger partial charge in [-0.25, -0.2) is 0 Å². The summed E-state index contributed by atoms with van der Waals surface area (Å²) in [5.74, 6) is -0.188. The molecule has 0 atom stereocenters. The molecule has 1 amide bonds. The van der Waals surface area contributed by atoms with Crippen LogP contribution >= 0.6 is 11.6 Å². The Morgan fingerprint density at radius 3 is 2.06 bits per heavy atom. The van der Waals surface area contributed by atoms with Gasteiger partial charge in [-0.2, -0.15) is 0 Å². The monoisotopic (exact) mass is 261 g/mol. The number of piperidine rings is 1. The molecule has 0 aromatic carbocycles. The summed E-state index contributed by atoms with van der Waals surface area (Å²) >= 11 is 5.41. The van der Waals surface area contributed by atoms with Gasteiger partial charge in [0.05, 0.1) is 5.41 Å². The number of hydrogen-bond acceptors (Lipinski definition) is 3. The van der Waals surface area contributed by atoms with E-state index in [-0.39, 0.29) is 5.97 Å². The molecule has 0 N–H and O–H groups in total. The second-order valence-electron chi connectivity index (χ2n) is 5.80. The largest absolute Gasteiger partial charge is 0.460 e. The number of rotatable bonds is 1. The van der Waals surface area contributed by atoms with Gasteiger partial charge in [0.1, 0.15) is 5.60 Å². The highest BCUT2D eigenvalue weighted by Crippen LogP contribution is 2.34. The Balaban J connectivity index is 2.60. The first-order chi connectivity index (χ1) is 7.64. The third kappa shape index (κ3) is 3.87. The Hall–Kier alpha value is -0.770. The van der Waals surface area contributed by atoms with Gasteiger partial charge < -0.3 is 9.64 Å². The van der Waals surface area contributed by atoms with E-state index in [0.717, 1.165) is 0 Å². The highest BCUT2D eigenvalue weighted by Gasteiger charge is 2.40. The molecule has 98 valence electrons. The zero-order valence-corrected chi connectivity index (χ0v) is 11.6. The van der Waals surface area contributed by atoms with Crippen molar-refractivity contribution in [2.45, 2.75) is 46.1 Å². The molecule has 5 heteroatoms. The molecule has 4 nitrogen and oxygen atoms in total. The van der Waals surface area contributed by atoms with Crippen molar-refractivity contribution in [1.82, 2.24) is 4.90 Å². The number of carbonyl (C=O) groups excluding carboxylic acids is 2. The number of esters is 1. The van der Waals surface area contributed by atoms with Crippen LogP contribution in [0.5, 0.6) is 0 Å². The third-order valence-corrected chi connectivity index (χ3v) is 3.25. The molecule has 1 rings (SSSR count). The molecule has 0 spiro atoms. The van der Waals surface area contributed by atoms with Crippen LogP contribution in [-0.2, 0) is 9.53 Å². The molecule has 0 unspecified atom stereocenters. The first-order valence-electron chi connectivity index (χ1n) is 5.82. The molecule has 1 fully saturated rings. The lowest BCUT2D eigenvalue weighted by molar-refractivity contribution is -0.169. The maximum Gasteiger partial charge on any atom is 0.316 e. The zero-order chi connectivity index (χ0) is 13.3. The van der Waals surface area contributed by atoms with Crippen LogP contribution in [0.2, 0.25) is 0 Å². The number of carbonyl (C=O) groups is 2. The number of amides is 1. The number of nitrogens with zero attached hydrogens (tertiary/aromatic N) is 1. The van der Waals surface area contributed by atoms with Crippen LogP contribution in [0.1, 0.15) is 40.5 Å². The summed E-state index contributed by atoms with van der Waals surface area (Å²) in [5, 5.41) is -0.448. The van der Waals surface area contributed by atoms with Gasteiger partial charge in [0.25, 0.3) is 0 Å². The maximum atomic E-state index is 12.1. The van der Waals surface area contributed by atoms with E-state index in [1.165, 1.54) is 0 Å². The number of likely N-dealkylation sites (tertiary alicyclic amines) is 1. The van der Waals surface area contributed by atoms with Gasteiger partial charge in [-0.15, -0.1) is 0 Å². The molecule has 0 aliphatic carbocycles. The van der Waals surface area contributed by atoms with Crippen LogP contribution in [0.4, 0.5) is 4.79 Å². The maximum absolute atomic E-state index is 12.1. The first-order valence-corrected chi connectivity index (χ1v) is 6.20. The molecule has 1 heterocycles. The van der Waals surface area contributed by atoms with Gasteiger partial charge in [-0.05, 0) is 52.1 Å². The minimum absolute atomic E-state index is 0.188. The number of halogens is 1. The van der Waals surface area contributed by atoms with Crippen molar-refractivity contribution >= 4 is 22.9 Å². The molecule has 0 aromatic rings. The molecule has 17 heavy (non-hydrogen) atoms. The van der Waals surface area contributed by atoms with Crippen molar-refractivity contribution in [2.75, 3.05) is 13.1 Å². The lowest BCUT2D eigenvalue weighted by Gasteiger charge is -2.38. The number of ether oxygens (including phenoxy) is 1. The van der Waals surface area contributed by atoms with Crippen molar-refractivity contribution < 1.29 is 14.3 Å². The Bertz CT molecular complexity index is 314. The van der Waals surface area contributed by atoms with Gasteiger partial charge in [0.15, 0.2) is 0 Å². The summed E-state index contributed by atoms with van der Waals surface area (Å²) in [4.78, 5) is 24.6. The molecule has 0 bridgehead atoms. The summed E-state index contributed by atoms with van der Waals surface area (Å²) in [6.45, 7) is 8.47. The van der Waals surface area contributed by atoms with E-state index < -0.39 is 16.4 Å². The summed E-state index contributed by atoms with van der Waals surface area (Å²) in [5.41, 5.74) is -0.977. The standard InChI is InChI=1S/C12H20ClNO3/c1-11(2,3)17-9(15)12(4)5-7-14(8-6-12)10(13)16/h5-8H2,1-4H3. The Morgan fingerprint density at radius 1 is 1.24 bits per heavy atom. The second-order valence-corrected chi connectivity index (χ2v) is 6.13. The van der Waals surface area contributed by atoms with Crippen molar-refractivity contribution in [3.05, 3.63) is 0 Å².